The third-order valence-corrected chi connectivity index (χ3v) is 3.92. The lowest BCUT2D eigenvalue weighted by Gasteiger charge is -2.27. The topological polar surface area (TPSA) is 75.4 Å². The fraction of sp³-hybridized carbons (Fsp3) is 0.176. The van der Waals surface area contributed by atoms with Crippen LogP contribution >= 0.6 is 15.9 Å². The van der Waals surface area contributed by atoms with Crippen molar-refractivity contribution in [3.8, 4) is 0 Å². The molecule has 0 spiro atoms. The first-order chi connectivity index (χ1) is 11.0. The Balaban J connectivity index is 2.23. The summed E-state index contributed by atoms with van der Waals surface area (Å²) in [7, 11) is 1.83. The number of imide groups is 1. The lowest BCUT2D eigenvalue weighted by molar-refractivity contribution is -0.125. The molecule has 120 valence electrons. The molecule has 0 aromatic heterocycles. The van der Waals surface area contributed by atoms with Crippen molar-refractivity contribution < 1.29 is 9.59 Å². The van der Waals surface area contributed by atoms with Gasteiger partial charge in [-0.05, 0) is 30.3 Å². The van der Waals surface area contributed by atoms with E-state index >= 15 is 0 Å². The van der Waals surface area contributed by atoms with Crippen LogP contribution in [0.2, 0.25) is 0 Å². The second-order valence-corrected chi connectivity index (χ2v) is 6.12. The average Bonchev–Trinajstić information content (AvgIpc) is 2.50. The van der Waals surface area contributed by atoms with Crippen molar-refractivity contribution >= 4 is 27.9 Å². The summed E-state index contributed by atoms with van der Waals surface area (Å²) in [5.74, 6) is -0.441. The molecule has 0 aliphatic carbocycles. The summed E-state index contributed by atoms with van der Waals surface area (Å²) in [4.78, 5) is 25.3. The Morgan fingerprint density at radius 3 is 2.30 bits per heavy atom. The van der Waals surface area contributed by atoms with E-state index in [4.69, 9.17) is 5.73 Å². The number of hydrogen-bond donors (Lipinski definition) is 2. The Hall–Kier alpha value is -2.18. The van der Waals surface area contributed by atoms with E-state index in [0.717, 1.165) is 15.6 Å². The van der Waals surface area contributed by atoms with Gasteiger partial charge in [-0.25, -0.2) is 4.79 Å². The quantitative estimate of drug-likeness (QED) is 0.843. The van der Waals surface area contributed by atoms with Crippen LogP contribution in [0.4, 0.5) is 4.79 Å². The van der Waals surface area contributed by atoms with Crippen LogP contribution in [0.15, 0.2) is 59.1 Å². The maximum Gasteiger partial charge on any atom is 0.318 e. The van der Waals surface area contributed by atoms with E-state index in [1.54, 1.807) is 0 Å². The van der Waals surface area contributed by atoms with E-state index in [9.17, 15) is 9.59 Å². The fourth-order valence-electron chi connectivity index (χ4n) is 2.40. The molecule has 0 aliphatic rings. The number of hydrogen-bond acceptors (Lipinski definition) is 3. The SMILES string of the molecule is CN(Cc1ccc(Br)cc1)[C@@H](C(=O)NC(N)=O)c1ccccc1. The van der Waals surface area contributed by atoms with Crippen molar-refractivity contribution in [3.63, 3.8) is 0 Å². The minimum Gasteiger partial charge on any atom is -0.351 e. The number of nitrogens with zero attached hydrogens (tertiary/aromatic N) is 1. The molecule has 6 heteroatoms. The summed E-state index contributed by atoms with van der Waals surface area (Å²) < 4.78 is 0.995. The molecule has 23 heavy (non-hydrogen) atoms. The van der Waals surface area contributed by atoms with Crippen molar-refractivity contribution in [3.05, 3.63) is 70.2 Å². The van der Waals surface area contributed by atoms with Gasteiger partial charge in [0.2, 0.25) is 5.91 Å². The highest BCUT2D eigenvalue weighted by atomic mass is 79.9. The number of urea groups is 1. The number of carbonyl (C=O) groups is 2. The van der Waals surface area contributed by atoms with Gasteiger partial charge in [0.25, 0.3) is 0 Å². The molecule has 1 atom stereocenters. The Labute approximate surface area is 143 Å². The third kappa shape index (κ3) is 4.91. The van der Waals surface area contributed by atoms with Crippen LogP contribution in [0, 0.1) is 0 Å². The fourth-order valence-corrected chi connectivity index (χ4v) is 2.66. The molecular formula is C17H18BrN3O2. The second-order valence-electron chi connectivity index (χ2n) is 5.21. The van der Waals surface area contributed by atoms with Crippen LogP contribution in [0.5, 0.6) is 0 Å². The highest BCUT2D eigenvalue weighted by Crippen LogP contribution is 2.22. The highest BCUT2D eigenvalue weighted by molar-refractivity contribution is 9.10. The molecule has 3 amide bonds. The number of carbonyl (C=O) groups excluding carboxylic acids is 2. The Morgan fingerprint density at radius 2 is 1.74 bits per heavy atom. The predicted molar refractivity (Wildman–Crippen MR) is 92.5 cm³/mol. The number of nitrogens with two attached hydrogens (primary N) is 1. The minimum absolute atomic E-state index is 0.441. The van der Waals surface area contributed by atoms with E-state index in [1.807, 2.05) is 66.5 Å². The van der Waals surface area contributed by atoms with Crippen LogP contribution in [-0.4, -0.2) is 23.9 Å². The van der Waals surface area contributed by atoms with E-state index in [2.05, 4.69) is 21.2 Å². The minimum atomic E-state index is -0.854. The maximum absolute atomic E-state index is 12.4. The largest absolute Gasteiger partial charge is 0.351 e. The van der Waals surface area contributed by atoms with E-state index in [1.165, 1.54) is 0 Å². The summed E-state index contributed by atoms with van der Waals surface area (Å²) in [6.45, 7) is 0.555. The van der Waals surface area contributed by atoms with Gasteiger partial charge in [0, 0.05) is 11.0 Å². The van der Waals surface area contributed by atoms with Crippen molar-refractivity contribution in [2.45, 2.75) is 12.6 Å². The zero-order valence-electron chi connectivity index (χ0n) is 12.7. The van der Waals surface area contributed by atoms with Crippen LogP contribution < -0.4 is 11.1 Å². The van der Waals surface area contributed by atoms with Gasteiger partial charge in [-0.15, -0.1) is 0 Å². The predicted octanol–water partition coefficient (Wildman–Crippen LogP) is 2.82. The molecule has 2 aromatic carbocycles. The maximum atomic E-state index is 12.4. The van der Waals surface area contributed by atoms with Crippen LogP contribution in [0.1, 0.15) is 17.2 Å². The third-order valence-electron chi connectivity index (χ3n) is 3.40. The van der Waals surface area contributed by atoms with Crippen molar-refractivity contribution in [2.24, 2.45) is 5.73 Å². The van der Waals surface area contributed by atoms with E-state index < -0.39 is 18.0 Å². The molecule has 0 saturated carbocycles. The van der Waals surface area contributed by atoms with Crippen LogP contribution in [0.25, 0.3) is 0 Å². The molecule has 0 heterocycles. The number of primary amides is 1. The monoisotopic (exact) mass is 375 g/mol. The standard InChI is InChI=1S/C17H18BrN3O2/c1-21(11-12-7-9-14(18)10-8-12)15(16(22)20-17(19)23)13-5-3-2-4-6-13/h2-10,15H,11H2,1H3,(H3,19,20,22,23)/t15-/m1/s1. The lowest BCUT2D eigenvalue weighted by atomic mass is 10.0. The molecule has 3 N–H and O–H groups in total. The van der Waals surface area contributed by atoms with Gasteiger partial charge in [0.15, 0.2) is 0 Å². The lowest BCUT2D eigenvalue weighted by Crippen LogP contribution is -2.43. The summed E-state index contributed by atoms with van der Waals surface area (Å²) in [6, 6.07) is 15.7. The first-order valence-electron chi connectivity index (χ1n) is 7.07. The van der Waals surface area contributed by atoms with Crippen molar-refractivity contribution in [2.75, 3.05) is 7.05 Å². The number of halogens is 1. The Morgan fingerprint density at radius 1 is 1.13 bits per heavy atom. The normalized spacial score (nSPS) is 12.0. The molecular weight excluding hydrogens is 358 g/mol. The summed E-state index contributed by atoms with van der Waals surface area (Å²) in [6.07, 6.45) is 0. The molecule has 0 unspecified atom stereocenters. The number of amides is 3. The van der Waals surface area contributed by atoms with Gasteiger partial charge in [-0.2, -0.15) is 0 Å². The average molecular weight is 376 g/mol. The number of nitrogens with one attached hydrogen (secondary N) is 1. The zero-order valence-corrected chi connectivity index (χ0v) is 14.3. The molecule has 2 rings (SSSR count). The number of benzene rings is 2. The van der Waals surface area contributed by atoms with Gasteiger partial charge in [-0.3, -0.25) is 15.0 Å². The van der Waals surface area contributed by atoms with E-state index in [-0.39, 0.29) is 0 Å². The molecule has 0 fully saturated rings. The molecule has 0 radical (unpaired) electrons. The zero-order chi connectivity index (χ0) is 16.8. The number of rotatable bonds is 5. The molecule has 2 aromatic rings. The molecule has 0 saturated heterocycles. The van der Waals surface area contributed by atoms with Crippen molar-refractivity contribution in [1.29, 1.82) is 0 Å². The highest BCUT2D eigenvalue weighted by Gasteiger charge is 2.26. The summed E-state index contributed by atoms with van der Waals surface area (Å²) >= 11 is 3.40. The van der Waals surface area contributed by atoms with Crippen LogP contribution in [-0.2, 0) is 11.3 Å². The molecule has 0 bridgehead atoms. The summed E-state index contributed by atoms with van der Waals surface area (Å²) in [5.41, 5.74) is 6.94. The van der Waals surface area contributed by atoms with Gasteiger partial charge in [-0.1, -0.05) is 58.4 Å². The van der Waals surface area contributed by atoms with Crippen LogP contribution in [0.3, 0.4) is 0 Å². The van der Waals surface area contributed by atoms with E-state index in [0.29, 0.717) is 6.54 Å². The first-order valence-corrected chi connectivity index (χ1v) is 7.86. The van der Waals surface area contributed by atoms with Gasteiger partial charge >= 0.3 is 6.03 Å². The number of likely N-dealkylation sites (N-methyl/N-ethyl adjacent to an activating group) is 1. The van der Waals surface area contributed by atoms with Crippen molar-refractivity contribution in [1.82, 2.24) is 10.2 Å². The Kier molecular flexibility index (Phi) is 5.90. The van der Waals surface area contributed by atoms with Gasteiger partial charge in [0.05, 0.1) is 0 Å². The first kappa shape index (κ1) is 17.2. The van der Waals surface area contributed by atoms with Gasteiger partial charge in [0.1, 0.15) is 6.04 Å². The van der Waals surface area contributed by atoms with Gasteiger partial charge < -0.3 is 5.73 Å². The Bertz CT molecular complexity index is 674. The molecule has 5 nitrogen and oxygen atoms in total. The smallest absolute Gasteiger partial charge is 0.318 e. The molecule has 0 aliphatic heterocycles. The second kappa shape index (κ2) is 7.89. The summed E-state index contributed by atoms with van der Waals surface area (Å²) in [5, 5.41) is 2.17.